The number of nitriles is 1. The van der Waals surface area contributed by atoms with Crippen LogP contribution < -0.4 is 0 Å². The largest absolute Gasteiger partial charge is 0.451 e. The van der Waals surface area contributed by atoms with Crippen molar-refractivity contribution >= 4 is 0 Å². The maximum absolute atomic E-state index is 9.90. The minimum atomic E-state index is -1.84. The first-order valence-corrected chi connectivity index (χ1v) is 2.73. The van der Waals surface area contributed by atoms with Crippen molar-refractivity contribution in [1.82, 2.24) is 0 Å². The van der Waals surface area contributed by atoms with Gasteiger partial charge in [-0.25, -0.2) is 0 Å². The van der Waals surface area contributed by atoms with Crippen molar-refractivity contribution in [2.45, 2.75) is 19.0 Å². The summed E-state index contributed by atoms with van der Waals surface area (Å²) in [6.45, 7) is 0. The number of hydrogen-bond acceptors (Lipinski definition) is 5. The predicted octanol–water partition coefficient (Wildman–Crippen LogP) is 0.170. The van der Waals surface area contributed by atoms with Gasteiger partial charge in [-0.15, -0.1) is 0 Å². The van der Waals surface area contributed by atoms with Crippen molar-refractivity contribution in [3.8, 4) is 6.07 Å². The Morgan fingerprint density at radius 2 is 1.82 bits per heavy atom. The highest BCUT2D eigenvalue weighted by Gasteiger charge is 2.30. The number of nitrogens with zero attached hydrogens (tertiary/aromatic N) is 3. The lowest BCUT2D eigenvalue weighted by Crippen LogP contribution is -2.28. The molecule has 0 saturated heterocycles. The van der Waals surface area contributed by atoms with Crippen LogP contribution in [0.3, 0.4) is 0 Å². The number of hydrogen-bond donors (Lipinski definition) is 0. The monoisotopic (exact) mass is 159 g/mol. The summed E-state index contributed by atoms with van der Waals surface area (Å²) in [4.78, 5) is 17.8. The van der Waals surface area contributed by atoms with Crippen LogP contribution in [-0.2, 0) is 0 Å². The fourth-order valence-electron chi connectivity index (χ4n) is 0.481. The Morgan fingerprint density at radius 1 is 1.36 bits per heavy atom. The van der Waals surface area contributed by atoms with E-state index < -0.39 is 16.0 Å². The molecule has 0 atom stereocenters. The Balaban J connectivity index is 4.03. The van der Waals surface area contributed by atoms with Gasteiger partial charge in [-0.1, -0.05) is 0 Å². The Kier molecular flexibility index (Phi) is 3.51. The summed E-state index contributed by atoms with van der Waals surface area (Å²) < 4.78 is 0. The van der Waals surface area contributed by atoms with Gasteiger partial charge in [0, 0.05) is 6.42 Å². The third kappa shape index (κ3) is 3.10. The molecule has 0 radical (unpaired) electrons. The molecule has 0 saturated carbocycles. The average molecular weight is 159 g/mol. The number of rotatable bonds is 4. The van der Waals surface area contributed by atoms with Gasteiger partial charge in [-0.3, -0.25) is 20.2 Å². The van der Waals surface area contributed by atoms with Crippen molar-refractivity contribution in [3.05, 3.63) is 20.2 Å². The summed E-state index contributed by atoms with van der Waals surface area (Å²) in [6.07, 6.45) is -2.35. The van der Waals surface area contributed by atoms with E-state index in [1.165, 1.54) is 0 Å². The average Bonchev–Trinajstić information content (AvgIpc) is 1.87. The molecular weight excluding hydrogens is 154 g/mol. The third-order valence-electron chi connectivity index (χ3n) is 1.00. The maximum atomic E-state index is 9.90. The van der Waals surface area contributed by atoms with Gasteiger partial charge in [0.15, 0.2) is 0 Å². The van der Waals surface area contributed by atoms with Gasteiger partial charge < -0.3 is 0 Å². The summed E-state index contributed by atoms with van der Waals surface area (Å²) in [7, 11) is 0. The van der Waals surface area contributed by atoms with Crippen molar-refractivity contribution < 1.29 is 9.85 Å². The van der Waals surface area contributed by atoms with Crippen molar-refractivity contribution in [2.75, 3.05) is 0 Å². The van der Waals surface area contributed by atoms with E-state index in [0.717, 1.165) is 0 Å². The summed E-state index contributed by atoms with van der Waals surface area (Å²) >= 11 is 0. The molecule has 11 heavy (non-hydrogen) atoms. The SMILES string of the molecule is N#CCCC([N+](=O)[O-])[N+](=O)[O-]. The van der Waals surface area contributed by atoms with Crippen LogP contribution >= 0.6 is 0 Å². The fraction of sp³-hybridized carbons (Fsp3) is 0.750. The molecule has 0 aliphatic carbocycles. The molecule has 0 heterocycles. The fourth-order valence-corrected chi connectivity index (χ4v) is 0.481. The van der Waals surface area contributed by atoms with E-state index in [-0.39, 0.29) is 12.8 Å². The molecule has 7 nitrogen and oxygen atoms in total. The zero-order chi connectivity index (χ0) is 8.85. The third-order valence-corrected chi connectivity index (χ3v) is 1.00. The van der Waals surface area contributed by atoms with E-state index in [0.29, 0.717) is 0 Å². The molecule has 60 valence electrons. The Hall–Kier alpha value is -1.71. The van der Waals surface area contributed by atoms with Crippen LogP contribution in [0.25, 0.3) is 0 Å². The Morgan fingerprint density at radius 3 is 2.09 bits per heavy atom. The van der Waals surface area contributed by atoms with Crippen molar-refractivity contribution in [2.24, 2.45) is 0 Å². The summed E-state index contributed by atoms with van der Waals surface area (Å²) in [5.74, 6) is 0. The van der Waals surface area contributed by atoms with E-state index in [9.17, 15) is 20.2 Å². The lowest BCUT2D eigenvalue weighted by molar-refractivity contribution is -0.742. The molecule has 0 aromatic rings. The van der Waals surface area contributed by atoms with Gasteiger partial charge in [0.2, 0.25) is 0 Å². The van der Waals surface area contributed by atoms with Crippen molar-refractivity contribution in [1.29, 1.82) is 5.26 Å². The predicted molar refractivity (Wildman–Crippen MR) is 32.6 cm³/mol. The molecule has 0 aromatic heterocycles. The van der Waals surface area contributed by atoms with E-state index in [1.54, 1.807) is 6.07 Å². The zero-order valence-corrected chi connectivity index (χ0v) is 5.47. The topological polar surface area (TPSA) is 110 Å². The van der Waals surface area contributed by atoms with Crippen LogP contribution in [0, 0.1) is 31.6 Å². The van der Waals surface area contributed by atoms with Crippen LogP contribution in [-0.4, -0.2) is 16.0 Å². The second-order valence-electron chi connectivity index (χ2n) is 1.75. The first-order valence-electron chi connectivity index (χ1n) is 2.73. The van der Waals surface area contributed by atoms with Crippen LogP contribution in [0.1, 0.15) is 12.8 Å². The zero-order valence-electron chi connectivity index (χ0n) is 5.47. The highest BCUT2D eigenvalue weighted by molar-refractivity contribution is 4.68. The van der Waals surface area contributed by atoms with Crippen LogP contribution in [0.2, 0.25) is 0 Å². The summed E-state index contributed by atoms with van der Waals surface area (Å²) in [5.41, 5.74) is 0. The lowest BCUT2D eigenvalue weighted by Gasteiger charge is -1.96. The molecule has 0 unspecified atom stereocenters. The van der Waals surface area contributed by atoms with E-state index in [1.807, 2.05) is 0 Å². The smallest absolute Gasteiger partial charge is 0.259 e. The van der Waals surface area contributed by atoms with Gasteiger partial charge in [-0.05, 0) is 0 Å². The highest BCUT2D eigenvalue weighted by atomic mass is 16.7. The molecule has 0 spiro atoms. The maximum Gasteiger partial charge on any atom is 0.451 e. The van der Waals surface area contributed by atoms with Gasteiger partial charge in [0.25, 0.3) is 0 Å². The molecular formula is C4H5N3O4. The Bertz CT molecular complexity index is 194. The van der Waals surface area contributed by atoms with Gasteiger partial charge >= 0.3 is 6.17 Å². The molecule has 0 aromatic carbocycles. The molecule has 0 amide bonds. The molecule has 0 rings (SSSR count). The summed E-state index contributed by atoms with van der Waals surface area (Å²) in [5, 5.41) is 27.8. The quantitative estimate of drug-likeness (QED) is 0.329. The van der Waals surface area contributed by atoms with Crippen LogP contribution in [0.5, 0.6) is 0 Å². The second kappa shape index (κ2) is 4.16. The van der Waals surface area contributed by atoms with Crippen LogP contribution in [0.15, 0.2) is 0 Å². The normalized spacial score (nSPS) is 9.09. The van der Waals surface area contributed by atoms with Crippen LogP contribution in [0.4, 0.5) is 0 Å². The molecule has 0 aliphatic heterocycles. The molecule has 7 heteroatoms. The minimum Gasteiger partial charge on any atom is -0.259 e. The molecule has 0 aliphatic rings. The molecule has 0 bridgehead atoms. The van der Waals surface area contributed by atoms with Crippen molar-refractivity contribution in [3.63, 3.8) is 0 Å². The standard InChI is InChI=1S/C4H5N3O4/c5-3-1-2-4(6(8)9)7(10)11/h4H,1-2H2. The van der Waals surface area contributed by atoms with Gasteiger partial charge in [0.1, 0.15) is 0 Å². The summed E-state index contributed by atoms with van der Waals surface area (Å²) in [6, 6.07) is 1.60. The lowest BCUT2D eigenvalue weighted by atomic mass is 10.3. The number of nitro groups is 2. The van der Waals surface area contributed by atoms with E-state index in [2.05, 4.69) is 0 Å². The van der Waals surface area contributed by atoms with Gasteiger partial charge in [-0.2, -0.15) is 5.26 Å². The molecule has 0 N–H and O–H groups in total. The van der Waals surface area contributed by atoms with E-state index in [4.69, 9.17) is 5.26 Å². The van der Waals surface area contributed by atoms with Gasteiger partial charge in [0.05, 0.1) is 22.3 Å². The first kappa shape index (κ1) is 9.29. The second-order valence-corrected chi connectivity index (χ2v) is 1.75. The van der Waals surface area contributed by atoms with E-state index >= 15 is 0 Å². The molecule has 0 fully saturated rings. The Labute approximate surface area is 61.5 Å². The highest BCUT2D eigenvalue weighted by Crippen LogP contribution is 2.00. The first-order chi connectivity index (χ1) is 5.09. The minimum absolute atomic E-state index is 0.174.